The number of carbonyl (C=O) groups excluding carboxylic acids is 2. The van der Waals surface area contributed by atoms with Gasteiger partial charge in [-0.15, -0.1) is 0 Å². The normalized spacial score (nSPS) is 13.9. The van der Waals surface area contributed by atoms with Gasteiger partial charge in [-0.1, -0.05) is 0 Å². The van der Waals surface area contributed by atoms with Crippen LogP contribution < -0.4 is 21.5 Å². The first-order valence-electron chi connectivity index (χ1n) is 10.3. The third kappa shape index (κ3) is 6.06. The number of carbonyl (C=O) groups is 2. The molecule has 1 aliphatic heterocycles. The van der Waals surface area contributed by atoms with Gasteiger partial charge in [0.05, 0.1) is 11.4 Å². The molecule has 0 spiro atoms. The second kappa shape index (κ2) is 10.6. The molecular formula is C21H25F2N5O3S. The van der Waals surface area contributed by atoms with Gasteiger partial charge in [-0.3, -0.25) is 14.4 Å². The lowest BCUT2D eigenvalue weighted by molar-refractivity contribution is -0.116. The number of alkyl halides is 2. The molecule has 2 heterocycles. The number of nitrogens with one attached hydrogen (secondary N) is 2. The van der Waals surface area contributed by atoms with Crippen molar-refractivity contribution in [3.63, 3.8) is 0 Å². The van der Waals surface area contributed by atoms with Gasteiger partial charge in [-0.25, -0.2) is 4.98 Å². The maximum absolute atomic E-state index is 12.7. The molecule has 0 aliphatic carbocycles. The summed E-state index contributed by atoms with van der Waals surface area (Å²) in [6.07, 6.45) is 3.30. The first-order valence-corrected chi connectivity index (χ1v) is 11.2. The van der Waals surface area contributed by atoms with Crippen LogP contribution in [0.25, 0.3) is 0 Å². The van der Waals surface area contributed by atoms with Crippen molar-refractivity contribution in [3.05, 3.63) is 45.4 Å². The van der Waals surface area contributed by atoms with Gasteiger partial charge in [0.15, 0.2) is 5.16 Å². The SMILES string of the molecule is Cc1nc(SC(F)F)[nH]c(=O)c1CCC(=O)Nc1cc(C(N)=O)ccc1N1CCCCC1. The average Bonchev–Trinajstić information content (AvgIpc) is 2.73. The zero-order valence-electron chi connectivity index (χ0n) is 17.6. The molecule has 8 nitrogen and oxygen atoms in total. The third-order valence-electron chi connectivity index (χ3n) is 5.26. The Morgan fingerprint density at radius 1 is 1.28 bits per heavy atom. The van der Waals surface area contributed by atoms with E-state index >= 15 is 0 Å². The van der Waals surface area contributed by atoms with Gasteiger partial charge in [0, 0.05) is 36.3 Å². The number of piperidine rings is 1. The highest BCUT2D eigenvalue weighted by Gasteiger charge is 2.18. The van der Waals surface area contributed by atoms with Crippen LogP contribution in [0.3, 0.4) is 0 Å². The number of H-pyrrole nitrogens is 1. The van der Waals surface area contributed by atoms with Gasteiger partial charge < -0.3 is 20.9 Å². The van der Waals surface area contributed by atoms with E-state index in [4.69, 9.17) is 5.73 Å². The Bertz CT molecular complexity index is 1050. The van der Waals surface area contributed by atoms with Gasteiger partial charge in [-0.05, 0) is 62.6 Å². The molecule has 1 aromatic carbocycles. The number of aromatic nitrogens is 2. The van der Waals surface area contributed by atoms with Crippen LogP contribution in [0.15, 0.2) is 28.2 Å². The molecular weight excluding hydrogens is 440 g/mol. The second-order valence-electron chi connectivity index (χ2n) is 7.51. The predicted molar refractivity (Wildman–Crippen MR) is 119 cm³/mol. The molecule has 3 rings (SSSR count). The van der Waals surface area contributed by atoms with E-state index in [1.165, 1.54) is 0 Å². The lowest BCUT2D eigenvalue weighted by Gasteiger charge is -2.30. The number of thioether (sulfide) groups is 1. The maximum atomic E-state index is 12.7. The number of aryl methyl sites for hydroxylation is 1. The highest BCUT2D eigenvalue weighted by Crippen LogP contribution is 2.30. The Hall–Kier alpha value is -2.95. The number of nitrogens with two attached hydrogens (primary N) is 1. The number of rotatable bonds is 8. The molecule has 0 atom stereocenters. The summed E-state index contributed by atoms with van der Waals surface area (Å²) < 4.78 is 25.0. The maximum Gasteiger partial charge on any atom is 0.291 e. The number of benzene rings is 1. The van der Waals surface area contributed by atoms with Crippen LogP contribution in [0.1, 0.15) is 47.3 Å². The number of nitrogens with zero attached hydrogens (tertiary/aromatic N) is 2. The molecule has 1 saturated heterocycles. The minimum Gasteiger partial charge on any atom is -0.370 e. The lowest BCUT2D eigenvalue weighted by atomic mass is 10.1. The monoisotopic (exact) mass is 465 g/mol. The van der Waals surface area contributed by atoms with Crippen LogP contribution in [-0.4, -0.2) is 40.6 Å². The fourth-order valence-corrected chi connectivity index (χ4v) is 4.18. The summed E-state index contributed by atoms with van der Waals surface area (Å²) in [5, 5.41) is 2.66. The Labute approximate surface area is 188 Å². The quantitative estimate of drug-likeness (QED) is 0.407. The minimum atomic E-state index is -2.69. The van der Waals surface area contributed by atoms with E-state index in [9.17, 15) is 23.2 Å². The lowest BCUT2D eigenvalue weighted by Crippen LogP contribution is -2.30. The van der Waals surface area contributed by atoms with Crippen LogP contribution in [-0.2, 0) is 11.2 Å². The first-order chi connectivity index (χ1) is 15.2. The summed E-state index contributed by atoms with van der Waals surface area (Å²) in [5.41, 5.74) is 7.00. The van der Waals surface area contributed by atoms with Gasteiger partial charge in [0.2, 0.25) is 11.8 Å². The van der Waals surface area contributed by atoms with Gasteiger partial charge in [0.1, 0.15) is 0 Å². The van der Waals surface area contributed by atoms with E-state index in [1.807, 2.05) is 0 Å². The van der Waals surface area contributed by atoms with Crippen LogP contribution in [0.4, 0.5) is 20.2 Å². The molecule has 0 saturated carbocycles. The van der Waals surface area contributed by atoms with Crippen LogP contribution in [0.5, 0.6) is 0 Å². The van der Waals surface area contributed by atoms with Crippen molar-refractivity contribution in [1.82, 2.24) is 9.97 Å². The molecule has 2 amide bonds. The Morgan fingerprint density at radius 3 is 2.62 bits per heavy atom. The van der Waals surface area contributed by atoms with Crippen molar-refractivity contribution < 1.29 is 18.4 Å². The Balaban J connectivity index is 1.74. The molecule has 0 bridgehead atoms. The fraction of sp³-hybridized carbons (Fsp3) is 0.429. The van der Waals surface area contributed by atoms with Crippen molar-refractivity contribution in [2.24, 2.45) is 5.73 Å². The fourth-order valence-electron chi connectivity index (χ4n) is 3.67. The molecule has 1 aromatic heterocycles. The molecule has 0 radical (unpaired) electrons. The topological polar surface area (TPSA) is 121 Å². The van der Waals surface area contributed by atoms with Gasteiger partial charge in [-0.2, -0.15) is 8.78 Å². The number of anilines is 2. The zero-order valence-corrected chi connectivity index (χ0v) is 18.4. The first kappa shape index (κ1) is 23.7. The van der Waals surface area contributed by atoms with E-state index in [-0.39, 0.29) is 46.8 Å². The number of aromatic amines is 1. The zero-order chi connectivity index (χ0) is 23.3. The highest BCUT2D eigenvalue weighted by atomic mass is 32.2. The second-order valence-corrected chi connectivity index (χ2v) is 8.48. The summed E-state index contributed by atoms with van der Waals surface area (Å²) in [5.74, 6) is -3.64. The Kier molecular flexibility index (Phi) is 7.84. The molecule has 4 N–H and O–H groups in total. The van der Waals surface area contributed by atoms with E-state index in [2.05, 4.69) is 20.2 Å². The van der Waals surface area contributed by atoms with Crippen molar-refractivity contribution in [2.45, 2.75) is 49.9 Å². The van der Waals surface area contributed by atoms with E-state index < -0.39 is 17.2 Å². The van der Waals surface area contributed by atoms with Gasteiger partial charge >= 0.3 is 0 Å². The molecule has 172 valence electrons. The Morgan fingerprint density at radius 2 is 2.00 bits per heavy atom. The smallest absolute Gasteiger partial charge is 0.291 e. The minimum absolute atomic E-state index is 0.0207. The van der Waals surface area contributed by atoms with E-state index in [0.29, 0.717) is 11.4 Å². The molecule has 32 heavy (non-hydrogen) atoms. The van der Waals surface area contributed by atoms with E-state index in [1.54, 1.807) is 25.1 Å². The average molecular weight is 466 g/mol. The number of halogens is 2. The largest absolute Gasteiger partial charge is 0.370 e. The van der Waals surface area contributed by atoms with Crippen molar-refractivity contribution in [3.8, 4) is 0 Å². The predicted octanol–water partition coefficient (Wildman–Crippen LogP) is 3.05. The summed E-state index contributed by atoms with van der Waals surface area (Å²) in [4.78, 5) is 45.0. The molecule has 0 unspecified atom stereocenters. The summed E-state index contributed by atoms with van der Waals surface area (Å²) in [6, 6.07) is 4.97. The van der Waals surface area contributed by atoms with Crippen molar-refractivity contribution >= 4 is 35.0 Å². The van der Waals surface area contributed by atoms with Gasteiger partial charge in [0.25, 0.3) is 11.3 Å². The van der Waals surface area contributed by atoms with E-state index in [0.717, 1.165) is 38.0 Å². The number of primary amides is 1. The van der Waals surface area contributed by atoms with Crippen molar-refractivity contribution in [1.29, 1.82) is 0 Å². The third-order valence-corrected chi connectivity index (χ3v) is 5.85. The molecule has 1 fully saturated rings. The summed E-state index contributed by atoms with van der Waals surface area (Å²) >= 11 is 0.159. The standard InChI is InChI=1S/C21H25F2N5O3S/c1-12-14(19(31)27-21(25-12)32-20(22)23)6-8-17(29)26-15-11-13(18(24)30)5-7-16(15)28-9-3-2-4-10-28/h5,7,11,20H,2-4,6,8-10H2,1H3,(H2,24,30)(H,26,29)(H,25,27,31). The highest BCUT2D eigenvalue weighted by molar-refractivity contribution is 7.99. The molecule has 1 aliphatic rings. The number of hydrogen-bond acceptors (Lipinski definition) is 6. The number of hydrogen-bond donors (Lipinski definition) is 3. The molecule has 11 heteroatoms. The van der Waals surface area contributed by atoms with Crippen LogP contribution in [0, 0.1) is 6.92 Å². The number of amides is 2. The van der Waals surface area contributed by atoms with Crippen LogP contribution >= 0.6 is 11.8 Å². The summed E-state index contributed by atoms with van der Waals surface area (Å²) in [6.45, 7) is 3.24. The van der Waals surface area contributed by atoms with Crippen molar-refractivity contribution in [2.75, 3.05) is 23.3 Å². The molecule has 2 aromatic rings. The van der Waals surface area contributed by atoms with Crippen LogP contribution in [0.2, 0.25) is 0 Å². The summed E-state index contributed by atoms with van der Waals surface area (Å²) in [7, 11) is 0.